The average Bonchev–Trinajstić information content (AvgIpc) is 1.68. The van der Waals surface area contributed by atoms with Crippen LogP contribution in [0, 0.1) is 26.7 Å². The first kappa shape index (κ1) is 55.8. The van der Waals surface area contributed by atoms with E-state index >= 15 is 0 Å². The van der Waals surface area contributed by atoms with Crippen molar-refractivity contribution in [1.82, 2.24) is 102 Å². The highest BCUT2D eigenvalue weighted by Gasteiger charge is 2.31. The van der Waals surface area contributed by atoms with Gasteiger partial charge in [-0.05, 0) is 96.6 Å². The quantitative estimate of drug-likeness (QED) is 0.0988. The normalized spacial score (nSPS) is 13.2. The second-order valence-electron chi connectivity index (χ2n) is 21.9. The van der Waals surface area contributed by atoms with Crippen LogP contribution in [0.4, 0.5) is 0 Å². The van der Waals surface area contributed by atoms with Gasteiger partial charge in [0.15, 0.2) is 23.2 Å². The lowest BCUT2D eigenvalue weighted by Gasteiger charge is -2.08. The van der Waals surface area contributed by atoms with Gasteiger partial charge in [-0.2, -0.15) is 30.6 Å². The van der Waals surface area contributed by atoms with E-state index in [2.05, 4.69) is 74.3 Å². The molecule has 14 rings (SSSR count). The Balaban J connectivity index is 0.000000126. The predicted molar refractivity (Wildman–Crippen MR) is 319 cm³/mol. The molecule has 0 bridgehead atoms. The Morgan fingerprint density at radius 3 is 1.40 bits per heavy atom. The van der Waals surface area contributed by atoms with Crippen molar-refractivity contribution in [2.24, 2.45) is 58.4 Å². The largest absolute Gasteiger partial charge is 0.504 e. The molecule has 0 saturated heterocycles. The van der Waals surface area contributed by atoms with Crippen molar-refractivity contribution in [1.29, 1.82) is 0 Å². The molecule has 2 aliphatic rings. The molecule has 0 aliphatic heterocycles. The van der Waals surface area contributed by atoms with Gasteiger partial charge in [0.25, 0.3) is 17.7 Å². The molecular weight excluding hydrogens is 1100 g/mol. The van der Waals surface area contributed by atoms with E-state index in [0.29, 0.717) is 64.3 Å². The molecule has 12 heterocycles. The van der Waals surface area contributed by atoms with Gasteiger partial charge >= 0.3 is 0 Å². The Bertz CT molecular complexity index is 4670. The van der Waals surface area contributed by atoms with Gasteiger partial charge in [-0.25, -0.2) is 29.9 Å². The third-order valence-corrected chi connectivity index (χ3v) is 15.4. The highest BCUT2D eigenvalue weighted by atomic mass is 16.3. The first-order chi connectivity index (χ1) is 41.2. The molecule has 3 amide bonds. The summed E-state index contributed by atoms with van der Waals surface area (Å²) in [5.41, 5.74) is 28.2. The summed E-state index contributed by atoms with van der Waals surface area (Å²) in [4.78, 5) is 63.5. The maximum Gasteiger partial charge on any atom is 0.267 e. The number of hydrogen-bond acceptors (Lipinski definition) is 16. The van der Waals surface area contributed by atoms with Gasteiger partial charge in [0.1, 0.15) is 62.6 Å². The van der Waals surface area contributed by atoms with Gasteiger partial charge in [-0.15, -0.1) is 0 Å². The number of aryl methyl sites for hydroxylation is 10. The molecule has 440 valence electrons. The number of carbonyl (C=O) groups excluding carboxylic acids is 3. The number of hydrogen-bond donors (Lipinski definition) is 4. The van der Waals surface area contributed by atoms with Gasteiger partial charge in [-0.3, -0.25) is 42.5 Å². The number of rotatable bonds is 14. The molecule has 86 heavy (non-hydrogen) atoms. The van der Waals surface area contributed by atoms with Crippen molar-refractivity contribution >= 4 is 50.4 Å². The molecular formula is C58H64N24O4. The maximum absolute atomic E-state index is 11.9. The van der Waals surface area contributed by atoms with Gasteiger partial charge < -0.3 is 36.0 Å². The highest BCUT2D eigenvalue weighted by molar-refractivity contribution is 6.01. The van der Waals surface area contributed by atoms with E-state index in [1.54, 1.807) is 80.3 Å². The smallest absolute Gasteiger partial charge is 0.267 e. The van der Waals surface area contributed by atoms with Crippen LogP contribution in [-0.2, 0) is 54.9 Å². The minimum Gasteiger partial charge on any atom is -0.504 e. The van der Waals surface area contributed by atoms with Crippen LogP contribution in [0.1, 0.15) is 94.1 Å². The number of aromatic hydroxyl groups is 1. The second-order valence-corrected chi connectivity index (χ2v) is 21.9. The van der Waals surface area contributed by atoms with E-state index in [9.17, 15) is 19.5 Å². The molecule has 12 aromatic heterocycles. The first-order valence-corrected chi connectivity index (χ1v) is 28.1. The first-order valence-electron chi connectivity index (χ1n) is 28.1. The fraction of sp³-hybridized carbons (Fsp3) is 0.328. The third kappa shape index (κ3) is 10.2. The van der Waals surface area contributed by atoms with Gasteiger partial charge in [0.2, 0.25) is 0 Å². The van der Waals surface area contributed by atoms with Crippen LogP contribution in [0.25, 0.3) is 101 Å². The van der Waals surface area contributed by atoms with Crippen LogP contribution in [0.5, 0.6) is 5.75 Å². The Hall–Kier alpha value is -10.7. The SMILES string of the molecule is CCn1nc(C)c(O)c1-c1cn(C)c(-c2nc(C(N)=O)cc3c2cnn3C)n1.CCn1nc(C)cc1-c1cn(C2CC2)c(-c2nc(C(N)=O)cc3c2cnn3C)n1.Cc1cc(-c2cn(C)c(-c3nc(C(N)=O)cc4c3cnn4C)n2)n(CC2CC2)n1. The van der Waals surface area contributed by atoms with Crippen LogP contribution < -0.4 is 17.2 Å². The zero-order valence-electron chi connectivity index (χ0n) is 49.3. The topological polar surface area (TPSA) is 349 Å². The van der Waals surface area contributed by atoms with Crippen LogP contribution in [0.15, 0.2) is 67.5 Å². The number of amides is 3. The molecule has 0 unspecified atom stereocenters. The molecule has 7 N–H and O–H groups in total. The van der Waals surface area contributed by atoms with E-state index in [1.165, 1.54) is 12.8 Å². The summed E-state index contributed by atoms with van der Waals surface area (Å²) in [6, 6.07) is 9.43. The van der Waals surface area contributed by atoms with E-state index in [0.717, 1.165) is 98.6 Å². The molecule has 2 aliphatic carbocycles. The number of aromatic nitrogens is 21. The summed E-state index contributed by atoms with van der Waals surface area (Å²) < 4.78 is 16.6. The summed E-state index contributed by atoms with van der Waals surface area (Å²) >= 11 is 0. The van der Waals surface area contributed by atoms with Gasteiger partial charge in [-0.1, -0.05) is 0 Å². The number of carbonyl (C=O) groups is 3. The lowest BCUT2D eigenvalue weighted by atomic mass is 10.2. The summed E-state index contributed by atoms with van der Waals surface area (Å²) in [7, 11) is 9.17. The Labute approximate surface area is 490 Å². The summed E-state index contributed by atoms with van der Waals surface area (Å²) in [6.45, 7) is 12.0. The second kappa shape index (κ2) is 21.5. The molecule has 0 aromatic carbocycles. The van der Waals surface area contributed by atoms with Crippen molar-refractivity contribution < 1.29 is 19.5 Å². The molecule has 2 fully saturated rings. The summed E-state index contributed by atoms with van der Waals surface area (Å²) in [5, 5.41) is 39.3. The monoisotopic (exact) mass is 1160 g/mol. The fourth-order valence-corrected chi connectivity index (χ4v) is 10.7. The van der Waals surface area contributed by atoms with Crippen LogP contribution >= 0.6 is 0 Å². The maximum atomic E-state index is 11.9. The van der Waals surface area contributed by atoms with E-state index in [1.807, 2.05) is 75.2 Å². The zero-order valence-corrected chi connectivity index (χ0v) is 49.3. The lowest BCUT2D eigenvalue weighted by molar-refractivity contribution is 0.0987. The van der Waals surface area contributed by atoms with E-state index in [-0.39, 0.29) is 22.8 Å². The minimum absolute atomic E-state index is 0.0943. The highest BCUT2D eigenvalue weighted by Crippen LogP contribution is 2.42. The van der Waals surface area contributed by atoms with Crippen molar-refractivity contribution in [3.8, 4) is 74.5 Å². The van der Waals surface area contributed by atoms with E-state index in [4.69, 9.17) is 27.2 Å². The van der Waals surface area contributed by atoms with E-state index < -0.39 is 17.7 Å². The number of nitrogens with zero attached hydrogens (tertiary/aromatic N) is 21. The molecule has 12 aromatic rings. The number of imidazole rings is 3. The molecule has 2 saturated carbocycles. The van der Waals surface area contributed by atoms with Crippen LogP contribution in [-0.4, -0.2) is 125 Å². The Morgan fingerprint density at radius 2 is 0.942 bits per heavy atom. The molecule has 0 spiro atoms. The number of primary amides is 3. The van der Waals surface area contributed by atoms with Crippen molar-refractivity contribution in [3.63, 3.8) is 0 Å². The summed E-state index contributed by atoms with van der Waals surface area (Å²) in [6.07, 6.45) is 15.7. The molecule has 28 nitrogen and oxygen atoms in total. The number of nitrogens with two attached hydrogens (primary N) is 3. The summed E-state index contributed by atoms with van der Waals surface area (Å²) in [5.74, 6) is 0.925. The standard InChI is InChI=1S/2C20H22N8O.C18H20N8O2/c1-11-6-17(28(25-11)9-12-4-5-12)15-10-26(2)20(24-15)18-13-8-22-27(3)16(13)7-14(23-18)19(21)29;1-4-28-17(7-11(2)25-28)15-10-27(12-5-6-12)20(24-15)18-13-9-22-26(3)16(13)8-14(23-18)19(21)29;1-5-26-15(16(27)9(2)23-26)12-8-24(3)18(22-12)14-10-7-20-25(4)13(10)6-11(21-14)17(19)28/h6-8,10,12H,4-5,9H2,1-3H3,(H2,21,29);7-10,12H,4-6H2,1-3H3,(H2,21,29);6-8,27H,5H2,1-4H3,(H2,19,28). The molecule has 0 atom stereocenters. The Morgan fingerprint density at radius 1 is 0.523 bits per heavy atom. The third-order valence-electron chi connectivity index (χ3n) is 15.4. The minimum atomic E-state index is -0.629. The number of fused-ring (bicyclic) bond motifs is 3. The zero-order chi connectivity index (χ0) is 60.7. The van der Waals surface area contributed by atoms with Crippen LogP contribution in [0.3, 0.4) is 0 Å². The van der Waals surface area contributed by atoms with Gasteiger partial charge in [0.05, 0.1) is 57.9 Å². The predicted octanol–water partition coefficient (Wildman–Crippen LogP) is 5.87. The molecule has 28 heteroatoms. The van der Waals surface area contributed by atoms with Gasteiger partial charge in [0, 0.05) is 95.7 Å². The van der Waals surface area contributed by atoms with Crippen LogP contribution in [0.2, 0.25) is 0 Å². The Kier molecular flexibility index (Phi) is 14.0. The van der Waals surface area contributed by atoms with Crippen molar-refractivity contribution in [2.45, 2.75) is 86.0 Å². The van der Waals surface area contributed by atoms with Crippen molar-refractivity contribution in [2.75, 3.05) is 0 Å². The lowest BCUT2D eigenvalue weighted by Crippen LogP contribution is -2.14. The fourth-order valence-electron chi connectivity index (χ4n) is 10.7. The van der Waals surface area contributed by atoms with Crippen molar-refractivity contribution in [3.05, 3.63) is 102 Å². The average molecular weight is 1160 g/mol. The molecule has 0 radical (unpaired) electrons. The number of pyridine rings is 3.